The van der Waals surface area contributed by atoms with Gasteiger partial charge in [-0.15, -0.1) is 0 Å². The Morgan fingerprint density at radius 2 is 1.95 bits per heavy atom. The van der Waals surface area contributed by atoms with Crippen LogP contribution in [0.1, 0.15) is 18.4 Å². The number of ether oxygens (including phenoxy) is 1. The molecule has 0 radical (unpaired) electrons. The van der Waals surface area contributed by atoms with E-state index in [1.807, 2.05) is 26.8 Å². The number of fused-ring (bicyclic) bond motifs is 1. The predicted octanol–water partition coefficient (Wildman–Crippen LogP) is 4.11. The van der Waals surface area contributed by atoms with Gasteiger partial charge in [-0.05, 0) is 32.9 Å². The molecule has 0 saturated carbocycles. The zero-order chi connectivity index (χ0) is 15.9. The molecule has 0 unspecified atom stereocenters. The van der Waals surface area contributed by atoms with Crippen molar-refractivity contribution in [2.24, 2.45) is 0 Å². The number of benzene rings is 1. The van der Waals surface area contributed by atoms with Crippen LogP contribution in [0, 0.1) is 13.8 Å². The fourth-order valence-corrected chi connectivity index (χ4v) is 2.85. The van der Waals surface area contributed by atoms with Gasteiger partial charge in [0.1, 0.15) is 5.82 Å². The van der Waals surface area contributed by atoms with E-state index < -0.39 is 0 Å². The van der Waals surface area contributed by atoms with Crippen molar-refractivity contribution in [3.63, 3.8) is 0 Å². The molecule has 3 aromatic rings. The van der Waals surface area contributed by atoms with Crippen molar-refractivity contribution >= 4 is 28.8 Å². The van der Waals surface area contributed by atoms with Crippen LogP contribution in [-0.2, 0) is 0 Å². The molecule has 0 aliphatic carbocycles. The molecular formula is C15H14Cl2N4O. The lowest BCUT2D eigenvalue weighted by molar-refractivity contribution is 0.301. The number of rotatable bonds is 3. The van der Waals surface area contributed by atoms with E-state index in [4.69, 9.17) is 27.9 Å². The molecule has 0 amide bonds. The van der Waals surface area contributed by atoms with E-state index in [2.05, 4.69) is 15.1 Å². The van der Waals surface area contributed by atoms with E-state index in [-0.39, 0.29) is 0 Å². The summed E-state index contributed by atoms with van der Waals surface area (Å²) in [5, 5.41) is 5.63. The summed E-state index contributed by atoms with van der Waals surface area (Å²) >= 11 is 12.3. The molecule has 7 heteroatoms. The van der Waals surface area contributed by atoms with Crippen molar-refractivity contribution in [3.8, 4) is 17.1 Å². The first-order valence-corrected chi connectivity index (χ1v) is 7.59. The molecule has 0 saturated heterocycles. The van der Waals surface area contributed by atoms with Crippen molar-refractivity contribution < 1.29 is 4.74 Å². The van der Waals surface area contributed by atoms with E-state index in [9.17, 15) is 0 Å². The van der Waals surface area contributed by atoms with Crippen molar-refractivity contribution in [1.82, 2.24) is 19.6 Å². The van der Waals surface area contributed by atoms with Crippen molar-refractivity contribution in [1.29, 1.82) is 0 Å². The van der Waals surface area contributed by atoms with Crippen molar-refractivity contribution in [3.05, 3.63) is 39.8 Å². The minimum absolute atomic E-state index is 0.421. The molecule has 0 aliphatic rings. The number of hydrogen-bond donors (Lipinski definition) is 0. The monoisotopic (exact) mass is 336 g/mol. The van der Waals surface area contributed by atoms with Crippen LogP contribution < -0.4 is 4.74 Å². The second kappa shape index (κ2) is 5.74. The second-order valence-corrected chi connectivity index (χ2v) is 5.65. The molecule has 0 bridgehead atoms. The first-order valence-electron chi connectivity index (χ1n) is 6.83. The van der Waals surface area contributed by atoms with Crippen molar-refractivity contribution in [2.75, 3.05) is 6.61 Å². The molecular weight excluding hydrogens is 323 g/mol. The van der Waals surface area contributed by atoms with Gasteiger partial charge in [0.25, 0.3) is 0 Å². The fourth-order valence-electron chi connectivity index (χ4n) is 2.35. The topological polar surface area (TPSA) is 52.3 Å². The Balaban J connectivity index is 2.32. The number of nitrogens with zero attached hydrogens (tertiary/aromatic N) is 4. The third kappa shape index (κ3) is 2.51. The molecule has 0 fully saturated rings. The molecule has 0 N–H and O–H groups in total. The minimum Gasteiger partial charge on any atom is -0.464 e. The highest BCUT2D eigenvalue weighted by Gasteiger charge is 2.19. The molecule has 114 valence electrons. The molecule has 0 spiro atoms. The molecule has 2 aromatic heterocycles. The molecule has 0 atom stereocenters. The second-order valence-electron chi connectivity index (χ2n) is 4.81. The standard InChI is InChI=1S/C15H14Cl2N4O/c1-4-22-15-19-9(3)18-14-13(8(2)20-21(14)15)11-6-5-10(16)7-12(11)17/h5-7H,4H2,1-3H3. The van der Waals surface area contributed by atoms with Crippen LogP contribution in [0.5, 0.6) is 6.01 Å². The van der Waals surface area contributed by atoms with E-state index in [0.717, 1.165) is 16.8 Å². The third-order valence-electron chi connectivity index (χ3n) is 3.22. The highest BCUT2D eigenvalue weighted by atomic mass is 35.5. The lowest BCUT2D eigenvalue weighted by atomic mass is 10.1. The fraction of sp³-hybridized carbons (Fsp3) is 0.267. The number of hydrogen-bond acceptors (Lipinski definition) is 4. The molecule has 0 aliphatic heterocycles. The van der Waals surface area contributed by atoms with Gasteiger partial charge < -0.3 is 4.74 Å². The Bertz CT molecular complexity index is 860. The van der Waals surface area contributed by atoms with Crippen LogP contribution >= 0.6 is 23.2 Å². The van der Waals surface area contributed by atoms with E-state index in [1.165, 1.54) is 0 Å². The summed E-state index contributed by atoms with van der Waals surface area (Å²) in [6, 6.07) is 5.79. The smallest absolute Gasteiger partial charge is 0.321 e. The van der Waals surface area contributed by atoms with Gasteiger partial charge in [0, 0.05) is 10.6 Å². The Morgan fingerprint density at radius 3 is 2.64 bits per heavy atom. The minimum atomic E-state index is 0.421. The maximum atomic E-state index is 6.34. The highest BCUT2D eigenvalue weighted by molar-refractivity contribution is 6.36. The molecule has 22 heavy (non-hydrogen) atoms. The Hall–Kier alpha value is -1.85. The number of halogens is 2. The lowest BCUT2D eigenvalue weighted by Gasteiger charge is -2.07. The molecule has 2 heterocycles. The summed E-state index contributed by atoms with van der Waals surface area (Å²) in [4.78, 5) is 8.79. The summed E-state index contributed by atoms with van der Waals surface area (Å²) in [5.74, 6) is 0.613. The lowest BCUT2D eigenvalue weighted by Crippen LogP contribution is -2.05. The van der Waals surface area contributed by atoms with Crippen molar-refractivity contribution in [2.45, 2.75) is 20.8 Å². The molecule has 5 nitrogen and oxygen atoms in total. The van der Waals surface area contributed by atoms with E-state index in [0.29, 0.717) is 34.1 Å². The van der Waals surface area contributed by atoms with Crippen LogP contribution in [0.4, 0.5) is 0 Å². The maximum Gasteiger partial charge on any atom is 0.321 e. The van der Waals surface area contributed by atoms with E-state index in [1.54, 1.807) is 16.6 Å². The normalized spacial score (nSPS) is 11.1. The highest BCUT2D eigenvalue weighted by Crippen LogP contribution is 2.35. The van der Waals surface area contributed by atoms with Gasteiger partial charge in [0.05, 0.1) is 22.9 Å². The Kier molecular flexibility index (Phi) is 3.93. The summed E-state index contributed by atoms with van der Waals surface area (Å²) in [6.07, 6.45) is 0. The van der Waals surface area contributed by atoms with Gasteiger partial charge in [-0.3, -0.25) is 0 Å². The first-order chi connectivity index (χ1) is 10.5. The summed E-state index contributed by atoms with van der Waals surface area (Å²) in [7, 11) is 0. The largest absolute Gasteiger partial charge is 0.464 e. The van der Waals surface area contributed by atoms with Crippen LogP contribution in [0.3, 0.4) is 0 Å². The zero-order valence-corrected chi connectivity index (χ0v) is 13.9. The molecule has 3 rings (SSSR count). The van der Waals surface area contributed by atoms with Gasteiger partial charge in [-0.1, -0.05) is 29.3 Å². The average Bonchev–Trinajstić information content (AvgIpc) is 2.76. The summed E-state index contributed by atoms with van der Waals surface area (Å²) in [5.41, 5.74) is 3.15. The van der Waals surface area contributed by atoms with Gasteiger partial charge in [-0.25, -0.2) is 4.98 Å². The summed E-state index contributed by atoms with van der Waals surface area (Å²) in [6.45, 7) is 6.12. The van der Waals surface area contributed by atoms with Gasteiger partial charge >= 0.3 is 6.01 Å². The number of aryl methyl sites for hydroxylation is 2. The SMILES string of the molecule is CCOc1nc(C)nc2c(-c3ccc(Cl)cc3Cl)c(C)nn12. The van der Waals surface area contributed by atoms with Gasteiger partial charge in [-0.2, -0.15) is 14.6 Å². The van der Waals surface area contributed by atoms with Crippen LogP contribution in [0.25, 0.3) is 16.8 Å². The Labute approximate surface area is 137 Å². The predicted molar refractivity (Wildman–Crippen MR) is 86.9 cm³/mol. The summed E-state index contributed by atoms with van der Waals surface area (Å²) < 4.78 is 7.15. The van der Waals surface area contributed by atoms with Crippen LogP contribution in [0.15, 0.2) is 18.2 Å². The number of aromatic nitrogens is 4. The Morgan fingerprint density at radius 1 is 1.18 bits per heavy atom. The first kappa shape index (κ1) is 15.1. The van der Waals surface area contributed by atoms with Crippen LogP contribution in [0.2, 0.25) is 10.0 Å². The van der Waals surface area contributed by atoms with E-state index >= 15 is 0 Å². The maximum absolute atomic E-state index is 6.34. The average molecular weight is 337 g/mol. The van der Waals surface area contributed by atoms with Crippen LogP contribution in [-0.4, -0.2) is 26.2 Å². The molecule has 1 aromatic carbocycles. The third-order valence-corrected chi connectivity index (χ3v) is 3.76. The van der Waals surface area contributed by atoms with Gasteiger partial charge in [0.2, 0.25) is 0 Å². The van der Waals surface area contributed by atoms with Gasteiger partial charge in [0.15, 0.2) is 5.65 Å². The quantitative estimate of drug-likeness (QED) is 0.722. The zero-order valence-electron chi connectivity index (χ0n) is 12.4.